The number of carbonyl (C=O) groups excluding carboxylic acids is 2. The van der Waals surface area contributed by atoms with Gasteiger partial charge in [-0.3, -0.25) is 9.59 Å². The lowest BCUT2D eigenvalue weighted by Crippen LogP contribution is -2.35. The standard InChI is InChI=1S/C18H17FN2O2/c1-12-7-8-14(11-15(12)19)21-17(23)18(9-10-18)16(22)20-13-5-3-2-4-6-13/h2-8,11H,9-10H2,1H3,(H,20,22)(H,21,23). The van der Waals surface area contributed by atoms with Crippen LogP contribution in [0.25, 0.3) is 0 Å². The van der Waals surface area contributed by atoms with Crippen LogP contribution in [0.3, 0.4) is 0 Å². The average molecular weight is 312 g/mol. The molecule has 2 N–H and O–H groups in total. The fourth-order valence-corrected chi connectivity index (χ4v) is 2.38. The minimum Gasteiger partial charge on any atom is -0.325 e. The summed E-state index contributed by atoms with van der Waals surface area (Å²) in [6.07, 6.45) is 0.984. The van der Waals surface area contributed by atoms with E-state index in [2.05, 4.69) is 10.6 Å². The number of amides is 2. The van der Waals surface area contributed by atoms with Gasteiger partial charge in [-0.05, 0) is 49.6 Å². The van der Waals surface area contributed by atoms with Crippen molar-refractivity contribution in [3.63, 3.8) is 0 Å². The summed E-state index contributed by atoms with van der Waals surface area (Å²) in [6, 6.07) is 13.5. The fraction of sp³-hybridized carbons (Fsp3) is 0.222. The molecule has 1 aliphatic carbocycles. The molecule has 0 aromatic heterocycles. The van der Waals surface area contributed by atoms with Crippen molar-refractivity contribution in [2.75, 3.05) is 10.6 Å². The van der Waals surface area contributed by atoms with Gasteiger partial charge >= 0.3 is 0 Å². The van der Waals surface area contributed by atoms with E-state index in [4.69, 9.17) is 0 Å². The van der Waals surface area contributed by atoms with Crippen LogP contribution >= 0.6 is 0 Å². The van der Waals surface area contributed by atoms with E-state index in [1.165, 1.54) is 6.07 Å². The smallest absolute Gasteiger partial charge is 0.240 e. The third-order valence-corrected chi connectivity index (χ3v) is 4.08. The molecule has 0 radical (unpaired) electrons. The Hall–Kier alpha value is -2.69. The van der Waals surface area contributed by atoms with Gasteiger partial charge in [0.05, 0.1) is 0 Å². The highest BCUT2D eigenvalue weighted by molar-refractivity contribution is 6.16. The molecule has 0 heterocycles. The van der Waals surface area contributed by atoms with Crippen molar-refractivity contribution in [1.29, 1.82) is 0 Å². The second-order valence-corrected chi connectivity index (χ2v) is 5.82. The minimum absolute atomic E-state index is 0.325. The number of para-hydroxylation sites is 1. The number of anilines is 2. The second kappa shape index (κ2) is 5.83. The third kappa shape index (κ3) is 3.08. The van der Waals surface area contributed by atoms with Gasteiger partial charge < -0.3 is 10.6 Å². The largest absolute Gasteiger partial charge is 0.325 e. The maximum atomic E-state index is 13.6. The predicted molar refractivity (Wildman–Crippen MR) is 86.5 cm³/mol. The predicted octanol–water partition coefficient (Wildman–Crippen LogP) is 3.49. The highest BCUT2D eigenvalue weighted by atomic mass is 19.1. The second-order valence-electron chi connectivity index (χ2n) is 5.82. The molecule has 0 aliphatic heterocycles. The molecule has 0 unspecified atom stereocenters. The highest BCUT2D eigenvalue weighted by Gasteiger charge is 2.56. The van der Waals surface area contributed by atoms with Crippen LogP contribution in [0, 0.1) is 18.2 Å². The summed E-state index contributed by atoms with van der Waals surface area (Å²) in [5, 5.41) is 5.40. The van der Waals surface area contributed by atoms with Gasteiger partial charge in [0.25, 0.3) is 0 Å². The summed E-state index contributed by atoms with van der Waals surface area (Å²) >= 11 is 0. The normalized spacial score (nSPS) is 14.9. The van der Waals surface area contributed by atoms with Crippen molar-refractivity contribution in [3.05, 3.63) is 59.9 Å². The monoisotopic (exact) mass is 312 g/mol. The number of benzene rings is 2. The van der Waals surface area contributed by atoms with Gasteiger partial charge in [-0.1, -0.05) is 24.3 Å². The zero-order chi connectivity index (χ0) is 16.4. The van der Waals surface area contributed by atoms with Crippen LogP contribution < -0.4 is 10.6 Å². The Morgan fingerprint density at radius 2 is 1.57 bits per heavy atom. The number of carbonyl (C=O) groups is 2. The van der Waals surface area contributed by atoms with E-state index in [1.807, 2.05) is 18.2 Å². The molecule has 1 aliphatic rings. The van der Waals surface area contributed by atoms with Crippen molar-refractivity contribution in [3.8, 4) is 0 Å². The summed E-state index contributed by atoms with van der Waals surface area (Å²) < 4.78 is 13.6. The molecule has 4 nitrogen and oxygen atoms in total. The van der Waals surface area contributed by atoms with Crippen molar-refractivity contribution >= 4 is 23.2 Å². The first-order valence-corrected chi connectivity index (χ1v) is 7.45. The number of aryl methyl sites for hydroxylation is 1. The van der Waals surface area contributed by atoms with Crippen LogP contribution in [-0.4, -0.2) is 11.8 Å². The third-order valence-electron chi connectivity index (χ3n) is 4.08. The lowest BCUT2D eigenvalue weighted by Gasteiger charge is -2.15. The molecular weight excluding hydrogens is 295 g/mol. The quantitative estimate of drug-likeness (QED) is 0.849. The summed E-state index contributed by atoms with van der Waals surface area (Å²) in [5.74, 6) is -1.11. The average Bonchev–Trinajstić information content (AvgIpc) is 3.34. The molecule has 5 heteroatoms. The molecule has 2 aromatic carbocycles. The van der Waals surface area contributed by atoms with E-state index >= 15 is 0 Å². The first-order chi connectivity index (χ1) is 11.0. The molecule has 1 saturated carbocycles. The molecule has 0 saturated heterocycles. The number of hydrogen-bond acceptors (Lipinski definition) is 2. The van der Waals surface area contributed by atoms with E-state index in [0.717, 1.165) is 0 Å². The van der Waals surface area contributed by atoms with Crippen LogP contribution in [0.4, 0.5) is 15.8 Å². The molecule has 2 amide bonds. The van der Waals surface area contributed by atoms with Crippen molar-refractivity contribution < 1.29 is 14.0 Å². The molecule has 118 valence electrons. The van der Waals surface area contributed by atoms with E-state index in [0.29, 0.717) is 29.8 Å². The Labute approximate surface area is 133 Å². The first kappa shape index (κ1) is 15.2. The fourth-order valence-electron chi connectivity index (χ4n) is 2.38. The zero-order valence-corrected chi connectivity index (χ0v) is 12.7. The van der Waals surface area contributed by atoms with Gasteiger partial charge in [-0.2, -0.15) is 0 Å². The zero-order valence-electron chi connectivity index (χ0n) is 12.7. The Morgan fingerprint density at radius 3 is 2.13 bits per heavy atom. The Bertz CT molecular complexity index is 755. The Morgan fingerprint density at radius 1 is 0.957 bits per heavy atom. The topological polar surface area (TPSA) is 58.2 Å². The van der Waals surface area contributed by atoms with E-state index in [9.17, 15) is 14.0 Å². The summed E-state index contributed by atoms with van der Waals surface area (Å²) in [4.78, 5) is 24.8. The van der Waals surface area contributed by atoms with Crippen LogP contribution in [-0.2, 0) is 9.59 Å². The summed E-state index contributed by atoms with van der Waals surface area (Å²) in [7, 11) is 0. The SMILES string of the molecule is Cc1ccc(NC(=O)C2(C(=O)Nc3ccccc3)CC2)cc1F. The van der Waals surface area contributed by atoms with Gasteiger partial charge in [-0.25, -0.2) is 4.39 Å². The molecule has 2 aromatic rings. The molecule has 0 spiro atoms. The van der Waals surface area contributed by atoms with Crippen molar-refractivity contribution in [1.82, 2.24) is 0 Å². The molecular formula is C18H17FN2O2. The van der Waals surface area contributed by atoms with Crippen molar-refractivity contribution in [2.45, 2.75) is 19.8 Å². The first-order valence-electron chi connectivity index (χ1n) is 7.45. The van der Waals surface area contributed by atoms with Gasteiger partial charge in [0.1, 0.15) is 11.2 Å². The van der Waals surface area contributed by atoms with Crippen LogP contribution in [0.1, 0.15) is 18.4 Å². The van der Waals surface area contributed by atoms with Gasteiger partial charge in [0.2, 0.25) is 11.8 Å². The number of halogens is 1. The highest BCUT2D eigenvalue weighted by Crippen LogP contribution is 2.47. The molecule has 0 bridgehead atoms. The lowest BCUT2D eigenvalue weighted by atomic mass is 10.0. The Kier molecular flexibility index (Phi) is 3.86. The molecule has 3 rings (SSSR count). The van der Waals surface area contributed by atoms with Crippen molar-refractivity contribution in [2.24, 2.45) is 5.41 Å². The molecule has 1 fully saturated rings. The van der Waals surface area contributed by atoms with Gasteiger partial charge in [0, 0.05) is 11.4 Å². The van der Waals surface area contributed by atoms with Crippen LogP contribution in [0.15, 0.2) is 48.5 Å². The van der Waals surface area contributed by atoms with E-state index in [-0.39, 0.29) is 11.7 Å². The number of hydrogen-bond donors (Lipinski definition) is 2. The summed E-state index contributed by atoms with van der Waals surface area (Å²) in [5.41, 5.74) is 0.456. The van der Waals surface area contributed by atoms with Crippen LogP contribution in [0.5, 0.6) is 0 Å². The number of rotatable bonds is 4. The maximum absolute atomic E-state index is 13.6. The lowest BCUT2D eigenvalue weighted by molar-refractivity contribution is -0.131. The minimum atomic E-state index is -1.06. The van der Waals surface area contributed by atoms with Gasteiger partial charge in [0.15, 0.2) is 0 Å². The molecule has 23 heavy (non-hydrogen) atoms. The maximum Gasteiger partial charge on any atom is 0.240 e. The molecule has 0 atom stereocenters. The van der Waals surface area contributed by atoms with E-state index in [1.54, 1.807) is 31.2 Å². The summed E-state index contributed by atoms with van der Waals surface area (Å²) in [6.45, 7) is 1.65. The van der Waals surface area contributed by atoms with E-state index < -0.39 is 11.3 Å². The van der Waals surface area contributed by atoms with Crippen LogP contribution in [0.2, 0.25) is 0 Å². The number of nitrogens with one attached hydrogen (secondary N) is 2. The Balaban J connectivity index is 1.70. The van der Waals surface area contributed by atoms with Gasteiger partial charge in [-0.15, -0.1) is 0 Å².